The highest BCUT2D eigenvalue weighted by molar-refractivity contribution is 5.98. The van der Waals surface area contributed by atoms with Crippen LogP contribution in [0.3, 0.4) is 0 Å². The van der Waals surface area contributed by atoms with E-state index in [4.69, 9.17) is 0 Å². The van der Waals surface area contributed by atoms with Crippen molar-refractivity contribution < 1.29 is 14.5 Å². The Morgan fingerprint density at radius 2 is 1.74 bits per heavy atom. The van der Waals surface area contributed by atoms with Crippen LogP contribution in [0.4, 0.5) is 11.4 Å². The number of carbonyl (C=O) groups is 2. The molecule has 0 radical (unpaired) electrons. The van der Waals surface area contributed by atoms with E-state index >= 15 is 0 Å². The molecule has 2 aromatic rings. The maximum Gasteiger partial charge on any atom is 0.270 e. The van der Waals surface area contributed by atoms with E-state index < -0.39 is 16.9 Å². The molecule has 1 unspecified atom stereocenters. The number of nitrogens with one attached hydrogen (secondary N) is 2. The zero-order valence-electron chi connectivity index (χ0n) is 20.5. The van der Waals surface area contributed by atoms with Gasteiger partial charge in [0, 0.05) is 55.1 Å². The number of nitro groups is 1. The molecule has 1 atom stereocenters. The number of hydrogen-bond donors (Lipinski definition) is 2. The number of hydrazone groups is 1. The van der Waals surface area contributed by atoms with Gasteiger partial charge in [-0.15, -0.1) is 0 Å². The zero-order valence-corrected chi connectivity index (χ0v) is 20.5. The first-order valence-electron chi connectivity index (χ1n) is 11.6. The highest BCUT2D eigenvalue weighted by Gasteiger charge is 2.25. The Labute approximate surface area is 205 Å². The lowest BCUT2D eigenvalue weighted by molar-refractivity contribution is -0.384. The number of anilines is 1. The predicted octanol–water partition coefficient (Wildman–Crippen LogP) is 2.56. The van der Waals surface area contributed by atoms with Crippen LogP contribution in [-0.4, -0.2) is 67.1 Å². The summed E-state index contributed by atoms with van der Waals surface area (Å²) < 4.78 is 0. The SMILES string of the molecule is Cc1ccc(C(=O)NC(C(=O)NN=Cc2cc([N+](=O)[O-])ccc2N2CCN(C)CC2)C(C)C)cc1. The Morgan fingerprint density at radius 1 is 1.09 bits per heavy atom. The minimum absolute atomic E-state index is 0.0546. The van der Waals surface area contributed by atoms with Crippen molar-refractivity contribution in [3.05, 3.63) is 69.3 Å². The third kappa shape index (κ3) is 6.86. The van der Waals surface area contributed by atoms with Gasteiger partial charge in [-0.1, -0.05) is 31.5 Å². The van der Waals surface area contributed by atoms with Gasteiger partial charge in [0.25, 0.3) is 17.5 Å². The topological polar surface area (TPSA) is 120 Å². The molecule has 0 aliphatic carbocycles. The van der Waals surface area contributed by atoms with Crippen molar-refractivity contribution in [1.29, 1.82) is 0 Å². The van der Waals surface area contributed by atoms with E-state index in [1.54, 1.807) is 18.2 Å². The van der Waals surface area contributed by atoms with Crippen molar-refractivity contribution in [2.24, 2.45) is 11.0 Å². The van der Waals surface area contributed by atoms with Gasteiger partial charge in [0.2, 0.25) is 0 Å². The van der Waals surface area contributed by atoms with E-state index in [0.717, 1.165) is 37.4 Å². The van der Waals surface area contributed by atoms with Gasteiger partial charge in [0.05, 0.1) is 11.1 Å². The number of aryl methyl sites for hydroxylation is 1. The molecule has 0 aromatic heterocycles. The molecule has 186 valence electrons. The lowest BCUT2D eigenvalue weighted by atomic mass is 10.0. The number of piperazine rings is 1. The number of carbonyl (C=O) groups excluding carboxylic acids is 2. The molecule has 1 aliphatic rings. The second-order valence-electron chi connectivity index (χ2n) is 9.09. The van der Waals surface area contributed by atoms with Crippen LogP contribution < -0.4 is 15.6 Å². The molecule has 0 saturated carbocycles. The average molecular weight is 481 g/mol. The molecule has 2 aromatic carbocycles. The van der Waals surface area contributed by atoms with Gasteiger partial charge in [-0.25, -0.2) is 5.43 Å². The predicted molar refractivity (Wildman–Crippen MR) is 136 cm³/mol. The summed E-state index contributed by atoms with van der Waals surface area (Å²) in [7, 11) is 2.05. The van der Waals surface area contributed by atoms with Gasteiger partial charge < -0.3 is 15.1 Å². The summed E-state index contributed by atoms with van der Waals surface area (Å²) in [6.45, 7) is 8.90. The molecule has 3 rings (SSSR count). The minimum atomic E-state index is -0.803. The Hall–Kier alpha value is -3.79. The van der Waals surface area contributed by atoms with Crippen molar-refractivity contribution in [2.75, 3.05) is 38.1 Å². The second-order valence-corrected chi connectivity index (χ2v) is 9.09. The number of amides is 2. The molecular weight excluding hydrogens is 448 g/mol. The normalized spacial score (nSPS) is 15.3. The van der Waals surface area contributed by atoms with Gasteiger partial charge >= 0.3 is 0 Å². The lowest BCUT2D eigenvalue weighted by Gasteiger charge is -2.34. The van der Waals surface area contributed by atoms with Crippen LogP contribution in [0.1, 0.15) is 35.3 Å². The van der Waals surface area contributed by atoms with Crippen LogP contribution in [0.2, 0.25) is 0 Å². The van der Waals surface area contributed by atoms with Crippen LogP contribution in [0.15, 0.2) is 47.6 Å². The monoisotopic (exact) mass is 480 g/mol. The Morgan fingerprint density at radius 3 is 2.34 bits per heavy atom. The molecular formula is C25H32N6O4. The molecule has 10 heteroatoms. The average Bonchev–Trinajstić information content (AvgIpc) is 2.83. The van der Waals surface area contributed by atoms with Crippen LogP contribution in [0.5, 0.6) is 0 Å². The third-order valence-electron chi connectivity index (χ3n) is 5.99. The van der Waals surface area contributed by atoms with Gasteiger partial charge in [0.1, 0.15) is 6.04 Å². The Bertz CT molecular complexity index is 1090. The fraction of sp³-hybridized carbons (Fsp3) is 0.400. The molecule has 1 fully saturated rings. The molecule has 1 saturated heterocycles. The highest BCUT2D eigenvalue weighted by Crippen LogP contribution is 2.25. The van der Waals surface area contributed by atoms with Gasteiger partial charge in [0.15, 0.2) is 0 Å². The van der Waals surface area contributed by atoms with Crippen molar-refractivity contribution >= 4 is 29.4 Å². The Balaban J connectivity index is 1.73. The van der Waals surface area contributed by atoms with Crippen molar-refractivity contribution in [3.8, 4) is 0 Å². The van der Waals surface area contributed by atoms with Crippen molar-refractivity contribution in [1.82, 2.24) is 15.6 Å². The molecule has 0 bridgehead atoms. The third-order valence-corrected chi connectivity index (χ3v) is 5.99. The van der Waals surface area contributed by atoms with E-state index in [9.17, 15) is 19.7 Å². The van der Waals surface area contributed by atoms with Crippen LogP contribution >= 0.6 is 0 Å². The smallest absolute Gasteiger partial charge is 0.270 e. The summed E-state index contributed by atoms with van der Waals surface area (Å²) >= 11 is 0. The van der Waals surface area contributed by atoms with Crippen molar-refractivity contribution in [2.45, 2.75) is 26.8 Å². The number of hydrogen-bond acceptors (Lipinski definition) is 7. The summed E-state index contributed by atoms with van der Waals surface area (Å²) in [5.41, 5.74) is 5.28. The largest absolute Gasteiger partial charge is 0.368 e. The highest BCUT2D eigenvalue weighted by atomic mass is 16.6. The summed E-state index contributed by atoms with van der Waals surface area (Å²) in [6.07, 6.45) is 1.41. The lowest BCUT2D eigenvalue weighted by Crippen LogP contribution is -2.48. The molecule has 1 aliphatic heterocycles. The van der Waals surface area contributed by atoms with E-state index in [1.807, 2.05) is 40.0 Å². The van der Waals surface area contributed by atoms with E-state index in [2.05, 4.69) is 25.6 Å². The first-order chi connectivity index (χ1) is 16.7. The maximum atomic E-state index is 12.8. The fourth-order valence-electron chi connectivity index (χ4n) is 3.79. The summed E-state index contributed by atoms with van der Waals surface area (Å²) in [5, 5.41) is 18.1. The molecule has 1 heterocycles. The van der Waals surface area contributed by atoms with Gasteiger partial charge in [-0.2, -0.15) is 5.10 Å². The van der Waals surface area contributed by atoms with Crippen LogP contribution in [0, 0.1) is 23.0 Å². The van der Waals surface area contributed by atoms with E-state index in [-0.39, 0.29) is 17.5 Å². The molecule has 10 nitrogen and oxygen atoms in total. The van der Waals surface area contributed by atoms with Crippen LogP contribution in [0.25, 0.3) is 0 Å². The first-order valence-corrected chi connectivity index (χ1v) is 11.6. The fourth-order valence-corrected chi connectivity index (χ4v) is 3.79. The maximum absolute atomic E-state index is 12.8. The number of non-ortho nitro benzene ring substituents is 1. The number of nitrogens with zero attached hydrogens (tertiary/aromatic N) is 4. The molecule has 2 N–H and O–H groups in total. The summed E-state index contributed by atoms with van der Waals surface area (Å²) in [6, 6.07) is 10.9. The van der Waals surface area contributed by atoms with Gasteiger partial charge in [-0.3, -0.25) is 19.7 Å². The molecule has 2 amide bonds. The van der Waals surface area contributed by atoms with E-state index in [0.29, 0.717) is 11.1 Å². The van der Waals surface area contributed by atoms with Crippen molar-refractivity contribution in [3.63, 3.8) is 0 Å². The second kappa shape index (κ2) is 11.6. The number of benzene rings is 2. The quantitative estimate of drug-likeness (QED) is 0.340. The molecule has 0 spiro atoms. The minimum Gasteiger partial charge on any atom is -0.368 e. The van der Waals surface area contributed by atoms with E-state index in [1.165, 1.54) is 18.3 Å². The summed E-state index contributed by atoms with van der Waals surface area (Å²) in [5.74, 6) is -1.000. The standard InChI is InChI=1S/C25H32N6O4/c1-17(2)23(27-24(32)19-7-5-18(3)6-8-19)25(33)28-26-16-20-15-21(31(34)35)9-10-22(20)30-13-11-29(4)12-14-30/h5-10,15-17,23H,11-14H2,1-4H3,(H,27,32)(H,28,33). The first kappa shape index (κ1) is 25.8. The zero-order chi connectivity index (χ0) is 25.5. The number of rotatable bonds is 8. The Kier molecular flexibility index (Phi) is 8.53. The number of likely N-dealkylation sites (N-methyl/N-ethyl adjacent to an activating group) is 1. The number of nitro benzene ring substituents is 1. The molecule has 35 heavy (non-hydrogen) atoms. The summed E-state index contributed by atoms with van der Waals surface area (Å²) in [4.78, 5) is 40.6. The van der Waals surface area contributed by atoms with Gasteiger partial charge in [-0.05, 0) is 38.1 Å². The van der Waals surface area contributed by atoms with Crippen LogP contribution in [-0.2, 0) is 4.79 Å².